The van der Waals surface area contributed by atoms with Crippen LogP contribution in [-0.2, 0) is 16.1 Å². The molecule has 0 spiro atoms. The number of halogens is 1. The molecule has 136 valence electrons. The van der Waals surface area contributed by atoms with Crippen molar-refractivity contribution >= 4 is 16.9 Å². The summed E-state index contributed by atoms with van der Waals surface area (Å²) in [5, 5.41) is 0.836. The molecule has 1 saturated carbocycles. The van der Waals surface area contributed by atoms with Gasteiger partial charge in [-0.1, -0.05) is 25.3 Å². The van der Waals surface area contributed by atoms with Crippen molar-refractivity contribution in [2.45, 2.75) is 58.9 Å². The minimum atomic E-state index is -2.10. The van der Waals surface area contributed by atoms with E-state index in [4.69, 9.17) is 4.74 Å². The predicted molar refractivity (Wildman–Crippen MR) is 95.4 cm³/mol. The SMILES string of the molecule is CCOC(=O)C(F)Oc1cccc2c1cc(C)n2CC1CCCCC1. The second-order valence-electron chi connectivity index (χ2n) is 6.78. The van der Waals surface area contributed by atoms with E-state index in [9.17, 15) is 9.18 Å². The Balaban J connectivity index is 1.84. The highest BCUT2D eigenvalue weighted by Gasteiger charge is 2.23. The number of hydrogen-bond donors (Lipinski definition) is 0. The molecule has 2 aromatic rings. The van der Waals surface area contributed by atoms with E-state index >= 15 is 0 Å². The molecule has 1 heterocycles. The van der Waals surface area contributed by atoms with E-state index in [1.807, 2.05) is 18.2 Å². The van der Waals surface area contributed by atoms with Crippen LogP contribution in [0.25, 0.3) is 10.9 Å². The van der Waals surface area contributed by atoms with Crippen LogP contribution in [-0.4, -0.2) is 23.5 Å². The Morgan fingerprint density at radius 2 is 2.08 bits per heavy atom. The van der Waals surface area contributed by atoms with Gasteiger partial charge in [-0.15, -0.1) is 0 Å². The second kappa shape index (κ2) is 7.89. The smallest absolute Gasteiger partial charge is 0.381 e. The Labute approximate surface area is 147 Å². The lowest BCUT2D eigenvalue weighted by atomic mass is 9.89. The maximum absolute atomic E-state index is 14.0. The average molecular weight is 347 g/mol. The van der Waals surface area contributed by atoms with Crippen molar-refractivity contribution in [3.8, 4) is 5.75 Å². The zero-order valence-electron chi connectivity index (χ0n) is 15.0. The van der Waals surface area contributed by atoms with Crippen LogP contribution in [0.2, 0.25) is 0 Å². The van der Waals surface area contributed by atoms with Gasteiger partial charge in [0.2, 0.25) is 0 Å². The Morgan fingerprint density at radius 1 is 1.32 bits per heavy atom. The standard InChI is InChI=1S/C20H26FNO3/c1-3-24-20(23)19(21)25-18-11-7-10-17-16(18)12-14(2)22(17)13-15-8-5-4-6-9-15/h7,10-12,15,19H,3-6,8-9,13H2,1-2H3. The first-order chi connectivity index (χ1) is 12.1. The average Bonchev–Trinajstić information content (AvgIpc) is 2.93. The van der Waals surface area contributed by atoms with Gasteiger partial charge in [0.25, 0.3) is 0 Å². The fraction of sp³-hybridized carbons (Fsp3) is 0.550. The number of nitrogens with zero attached hydrogens (tertiary/aromatic N) is 1. The molecule has 0 aliphatic heterocycles. The fourth-order valence-electron chi connectivity index (χ4n) is 3.73. The van der Waals surface area contributed by atoms with Crippen LogP contribution >= 0.6 is 0 Å². The van der Waals surface area contributed by atoms with Gasteiger partial charge in [-0.2, -0.15) is 4.39 Å². The molecule has 0 bridgehead atoms. The number of aryl methyl sites for hydroxylation is 1. The zero-order chi connectivity index (χ0) is 17.8. The van der Waals surface area contributed by atoms with Gasteiger partial charge in [-0.05, 0) is 50.8 Å². The summed E-state index contributed by atoms with van der Waals surface area (Å²) >= 11 is 0. The zero-order valence-corrected chi connectivity index (χ0v) is 15.0. The first-order valence-electron chi connectivity index (χ1n) is 9.16. The summed E-state index contributed by atoms with van der Waals surface area (Å²) in [4.78, 5) is 11.5. The topological polar surface area (TPSA) is 40.5 Å². The van der Waals surface area contributed by atoms with Crippen molar-refractivity contribution in [2.75, 3.05) is 6.61 Å². The number of carbonyl (C=O) groups is 1. The number of rotatable bonds is 6. The molecule has 4 nitrogen and oxygen atoms in total. The lowest BCUT2D eigenvalue weighted by molar-refractivity contribution is -0.159. The summed E-state index contributed by atoms with van der Waals surface area (Å²) in [5.41, 5.74) is 2.15. The molecule has 1 aliphatic carbocycles. The van der Waals surface area contributed by atoms with E-state index in [0.717, 1.165) is 23.1 Å². The maximum atomic E-state index is 14.0. The monoisotopic (exact) mass is 347 g/mol. The summed E-state index contributed by atoms with van der Waals surface area (Å²) in [6.45, 7) is 4.81. The highest BCUT2D eigenvalue weighted by Crippen LogP contribution is 2.32. The highest BCUT2D eigenvalue weighted by molar-refractivity contribution is 5.88. The van der Waals surface area contributed by atoms with E-state index in [1.54, 1.807) is 13.0 Å². The summed E-state index contributed by atoms with van der Waals surface area (Å²) in [7, 11) is 0. The van der Waals surface area contributed by atoms with Crippen LogP contribution in [0.15, 0.2) is 24.3 Å². The van der Waals surface area contributed by atoms with E-state index in [-0.39, 0.29) is 6.61 Å². The van der Waals surface area contributed by atoms with Crippen LogP contribution in [0.4, 0.5) is 4.39 Å². The molecule has 1 aromatic heterocycles. The van der Waals surface area contributed by atoms with Gasteiger partial charge in [-0.3, -0.25) is 0 Å². The minimum Gasteiger partial charge on any atom is -0.461 e. The van der Waals surface area contributed by atoms with Crippen molar-refractivity contribution in [2.24, 2.45) is 5.92 Å². The summed E-state index contributed by atoms with van der Waals surface area (Å²) in [6.07, 6.45) is 4.38. The highest BCUT2D eigenvalue weighted by atomic mass is 19.1. The number of hydrogen-bond acceptors (Lipinski definition) is 3. The number of esters is 1. The normalized spacial score (nSPS) is 16.8. The first-order valence-corrected chi connectivity index (χ1v) is 9.16. The molecule has 1 atom stereocenters. The van der Waals surface area contributed by atoms with Crippen LogP contribution in [0.3, 0.4) is 0 Å². The minimum absolute atomic E-state index is 0.129. The summed E-state index contributed by atoms with van der Waals surface area (Å²) < 4.78 is 26.2. The van der Waals surface area contributed by atoms with Crippen molar-refractivity contribution in [3.05, 3.63) is 30.0 Å². The number of ether oxygens (including phenoxy) is 2. The van der Waals surface area contributed by atoms with Gasteiger partial charge in [0.1, 0.15) is 5.75 Å². The van der Waals surface area contributed by atoms with Crippen molar-refractivity contribution in [1.29, 1.82) is 0 Å². The van der Waals surface area contributed by atoms with Crippen molar-refractivity contribution < 1.29 is 18.7 Å². The first kappa shape index (κ1) is 17.8. The van der Waals surface area contributed by atoms with Gasteiger partial charge < -0.3 is 14.0 Å². The molecule has 1 unspecified atom stereocenters. The molecule has 0 saturated heterocycles. The lowest BCUT2D eigenvalue weighted by Gasteiger charge is -2.23. The number of aromatic nitrogens is 1. The van der Waals surface area contributed by atoms with E-state index < -0.39 is 12.3 Å². The van der Waals surface area contributed by atoms with Gasteiger partial charge in [0.05, 0.1) is 12.1 Å². The Hall–Kier alpha value is -2.04. The third kappa shape index (κ3) is 3.97. The largest absolute Gasteiger partial charge is 0.461 e. The molecule has 5 heteroatoms. The predicted octanol–water partition coefficient (Wildman–Crippen LogP) is 4.77. The summed E-state index contributed by atoms with van der Waals surface area (Å²) in [6, 6.07) is 7.56. The third-order valence-electron chi connectivity index (χ3n) is 4.98. The molecule has 1 fully saturated rings. The van der Waals surface area contributed by atoms with Crippen LogP contribution in [0, 0.1) is 12.8 Å². The Kier molecular flexibility index (Phi) is 5.61. The van der Waals surface area contributed by atoms with Gasteiger partial charge in [-0.25, -0.2) is 4.79 Å². The van der Waals surface area contributed by atoms with Crippen molar-refractivity contribution in [1.82, 2.24) is 4.57 Å². The van der Waals surface area contributed by atoms with Crippen molar-refractivity contribution in [3.63, 3.8) is 0 Å². The summed E-state index contributed by atoms with van der Waals surface area (Å²) in [5.74, 6) is 0.0856. The van der Waals surface area contributed by atoms with Gasteiger partial charge in [0.15, 0.2) is 0 Å². The maximum Gasteiger partial charge on any atom is 0.381 e. The van der Waals surface area contributed by atoms with Crippen LogP contribution in [0.5, 0.6) is 5.75 Å². The molecule has 0 radical (unpaired) electrons. The molecule has 0 amide bonds. The third-order valence-corrected chi connectivity index (χ3v) is 4.98. The molecular weight excluding hydrogens is 321 g/mol. The number of alkyl halides is 1. The Morgan fingerprint density at radius 3 is 2.80 bits per heavy atom. The van der Waals surface area contributed by atoms with E-state index in [0.29, 0.717) is 11.7 Å². The number of fused-ring (bicyclic) bond motifs is 1. The molecular formula is C20H26FNO3. The van der Waals surface area contributed by atoms with Gasteiger partial charge in [0, 0.05) is 17.6 Å². The van der Waals surface area contributed by atoms with Gasteiger partial charge >= 0.3 is 12.3 Å². The molecule has 0 N–H and O–H groups in total. The number of carbonyl (C=O) groups excluding carboxylic acids is 1. The van der Waals surface area contributed by atoms with Crippen LogP contribution < -0.4 is 4.74 Å². The molecule has 1 aromatic carbocycles. The number of benzene rings is 1. The van der Waals surface area contributed by atoms with E-state index in [2.05, 4.69) is 16.2 Å². The lowest BCUT2D eigenvalue weighted by Crippen LogP contribution is -2.24. The molecule has 3 rings (SSSR count). The Bertz CT molecular complexity index is 734. The molecule has 25 heavy (non-hydrogen) atoms. The molecule has 1 aliphatic rings. The quantitative estimate of drug-likeness (QED) is 0.707. The second-order valence-corrected chi connectivity index (χ2v) is 6.78. The van der Waals surface area contributed by atoms with Crippen LogP contribution in [0.1, 0.15) is 44.7 Å². The fourth-order valence-corrected chi connectivity index (χ4v) is 3.73. The van der Waals surface area contributed by atoms with E-state index in [1.165, 1.54) is 32.1 Å².